The molecule has 9 nitrogen and oxygen atoms in total. The van der Waals surface area contributed by atoms with Gasteiger partial charge in [-0.2, -0.15) is 0 Å². The fourth-order valence-corrected chi connectivity index (χ4v) is 2.88. The molecule has 1 N–H and O–H groups in total. The van der Waals surface area contributed by atoms with Crippen molar-refractivity contribution in [2.75, 3.05) is 6.54 Å². The van der Waals surface area contributed by atoms with Crippen molar-refractivity contribution in [2.24, 2.45) is 0 Å². The van der Waals surface area contributed by atoms with Crippen LogP contribution in [0.4, 0.5) is 10.5 Å². The van der Waals surface area contributed by atoms with E-state index in [0.717, 1.165) is 23.1 Å². The molecule has 2 amide bonds. The van der Waals surface area contributed by atoms with Gasteiger partial charge in [0.1, 0.15) is 17.9 Å². The number of phenols is 1. The number of carbonyl (C=O) groups is 3. The zero-order valence-electron chi connectivity index (χ0n) is 14.2. The average Bonchev–Trinajstić information content (AvgIpc) is 2.75. The van der Waals surface area contributed by atoms with E-state index in [1.807, 2.05) is 0 Å². The second-order valence-corrected chi connectivity index (χ2v) is 7.35. The van der Waals surface area contributed by atoms with E-state index >= 15 is 0 Å². The Morgan fingerprint density at radius 3 is 2.62 bits per heavy atom. The number of esters is 1. The van der Waals surface area contributed by atoms with E-state index < -0.39 is 34.2 Å². The molecular weight excluding hydrogens is 364 g/mol. The highest BCUT2D eigenvalue weighted by Crippen LogP contribution is 2.34. The van der Waals surface area contributed by atoms with E-state index in [1.54, 1.807) is 20.8 Å². The lowest BCUT2D eigenvalue weighted by Gasteiger charge is -2.21. The molecule has 0 aliphatic carbocycles. The molecule has 0 aromatic heterocycles. The maximum atomic E-state index is 12.3. The van der Waals surface area contributed by atoms with Gasteiger partial charge in [-0.15, -0.1) is 0 Å². The van der Waals surface area contributed by atoms with Gasteiger partial charge < -0.3 is 9.84 Å². The molecule has 10 heteroatoms. The molecule has 0 radical (unpaired) electrons. The van der Waals surface area contributed by atoms with Gasteiger partial charge in [0.2, 0.25) is 0 Å². The van der Waals surface area contributed by atoms with Crippen LogP contribution in [0.3, 0.4) is 0 Å². The number of non-ortho nitro benzene ring substituents is 1. The number of hydrogen-bond donors (Lipinski definition) is 1. The summed E-state index contributed by atoms with van der Waals surface area (Å²) in [7, 11) is 0. The summed E-state index contributed by atoms with van der Waals surface area (Å²) in [5.74, 6) is -1.76. The molecule has 1 fully saturated rings. The first-order valence-electron chi connectivity index (χ1n) is 7.42. The Morgan fingerprint density at radius 1 is 1.38 bits per heavy atom. The Balaban J connectivity index is 2.23. The molecule has 26 heavy (non-hydrogen) atoms. The van der Waals surface area contributed by atoms with Crippen molar-refractivity contribution in [3.63, 3.8) is 0 Å². The zero-order valence-corrected chi connectivity index (χ0v) is 15.0. The number of nitro benzene ring substituents is 1. The maximum absolute atomic E-state index is 12.3. The lowest BCUT2D eigenvalue weighted by molar-refractivity contribution is -0.384. The molecule has 138 valence electrons. The Bertz CT molecular complexity index is 826. The Kier molecular flexibility index (Phi) is 5.36. The number of benzene rings is 1. The van der Waals surface area contributed by atoms with Crippen LogP contribution in [0.1, 0.15) is 26.3 Å². The topological polar surface area (TPSA) is 127 Å². The molecular formula is C16H16N2O7S. The highest BCUT2D eigenvalue weighted by Gasteiger charge is 2.37. The quantitative estimate of drug-likeness (QED) is 0.365. The van der Waals surface area contributed by atoms with E-state index in [0.29, 0.717) is 11.8 Å². The highest BCUT2D eigenvalue weighted by molar-refractivity contribution is 8.18. The van der Waals surface area contributed by atoms with Crippen molar-refractivity contribution in [1.29, 1.82) is 0 Å². The largest absolute Gasteiger partial charge is 0.507 e. The smallest absolute Gasteiger partial charge is 0.326 e. The number of carbonyl (C=O) groups excluding carboxylic acids is 3. The summed E-state index contributed by atoms with van der Waals surface area (Å²) >= 11 is 0.569. The molecule has 1 saturated heterocycles. The zero-order chi connectivity index (χ0) is 19.6. The normalized spacial score (nSPS) is 16.3. The summed E-state index contributed by atoms with van der Waals surface area (Å²) < 4.78 is 5.08. The first-order chi connectivity index (χ1) is 12.0. The van der Waals surface area contributed by atoms with Gasteiger partial charge in [-0.05, 0) is 44.7 Å². The van der Waals surface area contributed by atoms with Gasteiger partial charge in [0, 0.05) is 17.7 Å². The molecule has 0 saturated carbocycles. The fraction of sp³-hybridized carbons (Fsp3) is 0.312. The number of rotatable bonds is 4. The molecule has 0 spiro atoms. The third kappa shape index (κ3) is 4.60. The molecule has 0 unspecified atom stereocenters. The Morgan fingerprint density at radius 2 is 2.04 bits per heavy atom. The van der Waals surface area contributed by atoms with Gasteiger partial charge in [0.15, 0.2) is 0 Å². The van der Waals surface area contributed by atoms with E-state index in [4.69, 9.17) is 4.74 Å². The summed E-state index contributed by atoms with van der Waals surface area (Å²) in [5, 5.41) is 20.0. The molecule has 0 atom stereocenters. The minimum absolute atomic E-state index is 0.0157. The van der Waals surface area contributed by atoms with Gasteiger partial charge in [0.25, 0.3) is 16.8 Å². The second-order valence-electron chi connectivity index (χ2n) is 6.35. The van der Waals surface area contributed by atoms with Gasteiger partial charge in [-0.25, -0.2) is 0 Å². The summed E-state index contributed by atoms with van der Waals surface area (Å²) in [4.78, 5) is 47.0. The number of nitro groups is 1. The molecule has 2 rings (SSSR count). The fourth-order valence-electron chi connectivity index (χ4n) is 2.05. The van der Waals surface area contributed by atoms with Crippen molar-refractivity contribution < 1.29 is 29.2 Å². The van der Waals surface area contributed by atoms with Crippen molar-refractivity contribution in [3.05, 3.63) is 38.8 Å². The van der Waals surface area contributed by atoms with Gasteiger partial charge >= 0.3 is 5.97 Å². The number of ether oxygens (including phenoxy) is 1. The van der Waals surface area contributed by atoms with Crippen LogP contribution >= 0.6 is 11.8 Å². The lowest BCUT2D eigenvalue weighted by Crippen LogP contribution is -2.37. The predicted molar refractivity (Wildman–Crippen MR) is 93.3 cm³/mol. The number of thioether (sulfide) groups is 1. The number of phenolic OH excluding ortho intramolecular Hbond substituents is 1. The van der Waals surface area contributed by atoms with E-state index in [1.165, 1.54) is 6.08 Å². The van der Waals surface area contributed by atoms with Crippen molar-refractivity contribution in [3.8, 4) is 5.75 Å². The Hall–Kier alpha value is -2.88. The van der Waals surface area contributed by atoms with Crippen LogP contribution in [0.25, 0.3) is 6.08 Å². The first-order valence-corrected chi connectivity index (χ1v) is 8.24. The van der Waals surface area contributed by atoms with Gasteiger partial charge in [-0.3, -0.25) is 29.4 Å². The van der Waals surface area contributed by atoms with Crippen molar-refractivity contribution in [1.82, 2.24) is 4.90 Å². The highest BCUT2D eigenvalue weighted by atomic mass is 32.2. The lowest BCUT2D eigenvalue weighted by atomic mass is 10.1. The third-order valence-electron chi connectivity index (χ3n) is 3.09. The molecule has 1 aliphatic rings. The van der Waals surface area contributed by atoms with Crippen LogP contribution in [0.5, 0.6) is 5.75 Å². The standard InChI is InChI=1S/C16H16N2O7S/c1-16(2,3)25-13(20)8-17-14(21)12(26-15(17)22)7-9-6-10(18(23)24)4-5-11(9)19/h4-7,19H,8H2,1-3H3. The van der Waals surface area contributed by atoms with E-state index in [2.05, 4.69) is 0 Å². The van der Waals surface area contributed by atoms with Gasteiger partial charge in [0.05, 0.1) is 9.83 Å². The molecule has 1 heterocycles. The number of aromatic hydroxyl groups is 1. The minimum atomic E-state index is -0.760. The minimum Gasteiger partial charge on any atom is -0.507 e. The number of imide groups is 1. The summed E-state index contributed by atoms with van der Waals surface area (Å²) in [6.07, 6.45) is 1.17. The summed E-state index contributed by atoms with van der Waals surface area (Å²) in [6, 6.07) is 3.31. The maximum Gasteiger partial charge on any atom is 0.326 e. The SMILES string of the molecule is CC(C)(C)OC(=O)CN1C(=O)SC(=Cc2cc([N+](=O)[O-])ccc2O)C1=O. The van der Waals surface area contributed by atoms with Crippen LogP contribution in [-0.4, -0.2) is 44.2 Å². The number of nitrogens with zero attached hydrogens (tertiary/aromatic N) is 2. The molecule has 1 aromatic rings. The molecule has 0 bridgehead atoms. The predicted octanol–water partition coefficient (Wildman–Crippen LogP) is 2.68. The molecule has 1 aromatic carbocycles. The van der Waals surface area contributed by atoms with E-state index in [9.17, 15) is 29.6 Å². The second kappa shape index (κ2) is 7.16. The summed E-state index contributed by atoms with van der Waals surface area (Å²) in [5.41, 5.74) is -1.02. The van der Waals surface area contributed by atoms with Crippen molar-refractivity contribution >= 4 is 40.6 Å². The van der Waals surface area contributed by atoms with Crippen LogP contribution in [0.2, 0.25) is 0 Å². The molecule has 1 aliphatic heterocycles. The van der Waals surface area contributed by atoms with Crippen LogP contribution in [0, 0.1) is 10.1 Å². The first kappa shape index (κ1) is 19.4. The Labute approximate surface area is 152 Å². The number of hydrogen-bond acceptors (Lipinski definition) is 8. The monoisotopic (exact) mass is 380 g/mol. The third-order valence-corrected chi connectivity index (χ3v) is 4.00. The van der Waals surface area contributed by atoms with Gasteiger partial charge in [-0.1, -0.05) is 0 Å². The van der Waals surface area contributed by atoms with E-state index in [-0.39, 0.29) is 21.9 Å². The average molecular weight is 380 g/mol. The summed E-state index contributed by atoms with van der Waals surface area (Å²) in [6.45, 7) is 4.43. The van der Waals surface area contributed by atoms with Crippen LogP contribution < -0.4 is 0 Å². The van der Waals surface area contributed by atoms with Crippen LogP contribution in [-0.2, 0) is 14.3 Å². The van der Waals surface area contributed by atoms with Crippen LogP contribution in [0.15, 0.2) is 23.1 Å². The van der Waals surface area contributed by atoms with Crippen molar-refractivity contribution in [2.45, 2.75) is 26.4 Å². The number of amides is 2.